The van der Waals surface area contributed by atoms with Gasteiger partial charge in [0.05, 0.1) is 5.69 Å². The molecule has 1 fully saturated rings. The zero-order chi connectivity index (χ0) is 20.2. The summed E-state index contributed by atoms with van der Waals surface area (Å²) in [6.07, 6.45) is 6.00. The molecular weight excluding hydrogens is 371 g/mol. The highest BCUT2D eigenvalue weighted by Crippen LogP contribution is 2.31. The number of anilines is 2. The van der Waals surface area contributed by atoms with Crippen LogP contribution in [0.3, 0.4) is 0 Å². The molecule has 5 nitrogen and oxygen atoms in total. The number of rotatable bonds is 5. The zero-order valence-corrected chi connectivity index (χ0v) is 16.0. The Morgan fingerprint density at radius 3 is 2.62 bits per heavy atom. The number of carbonyl (C=O) groups is 1. The minimum Gasteiger partial charge on any atom is -0.421 e. The van der Waals surface area contributed by atoms with Crippen LogP contribution in [0, 0.1) is 11.7 Å². The van der Waals surface area contributed by atoms with E-state index in [0.717, 1.165) is 30.8 Å². The molecule has 1 amide bonds. The van der Waals surface area contributed by atoms with Crippen LogP contribution in [-0.2, 0) is 0 Å². The fourth-order valence-corrected chi connectivity index (χ4v) is 3.90. The zero-order valence-electron chi connectivity index (χ0n) is 16.0. The monoisotopic (exact) mass is 394 g/mol. The molecule has 1 saturated carbocycles. The predicted molar refractivity (Wildman–Crippen MR) is 112 cm³/mol. The smallest absolute Gasteiger partial charge is 0.362 e. The molecule has 1 aliphatic rings. The van der Waals surface area contributed by atoms with Crippen molar-refractivity contribution in [1.82, 2.24) is 0 Å². The van der Waals surface area contributed by atoms with Gasteiger partial charge in [-0.25, -0.2) is 9.18 Å². The molecule has 1 heterocycles. The van der Waals surface area contributed by atoms with E-state index in [2.05, 4.69) is 10.6 Å². The Hall–Kier alpha value is -3.15. The number of hydrogen-bond donors (Lipinski definition) is 2. The average molecular weight is 394 g/mol. The van der Waals surface area contributed by atoms with Crippen LogP contribution in [0.25, 0.3) is 11.0 Å². The first kappa shape index (κ1) is 19.2. The average Bonchev–Trinajstić information content (AvgIpc) is 2.74. The fraction of sp³-hybridized carbons (Fsp3) is 0.304. The van der Waals surface area contributed by atoms with Gasteiger partial charge in [0.15, 0.2) is 5.69 Å². The molecule has 0 bridgehead atoms. The maximum atomic E-state index is 13.5. The van der Waals surface area contributed by atoms with Crippen molar-refractivity contribution in [2.45, 2.75) is 32.1 Å². The van der Waals surface area contributed by atoms with Gasteiger partial charge in [-0.2, -0.15) is 0 Å². The Labute approximate surface area is 167 Å². The molecule has 2 N–H and O–H groups in total. The summed E-state index contributed by atoms with van der Waals surface area (Å²) < 4.78 is 18.9. The lowest BCUT2D eigenvalue weighted by atomic mass is 9.89. The van der Waals surface area contributed by atoms with Crippen molar-refractivity contribution in [3.8, 4) is 0 Å². The van der Waals surface area contributed by atoms with E-state index < -0.39 is 17.3 Å². The van der Waals surface area contributed by atoms with Crippen molar-refractivity contribution in [3.63, 3.8) is 0 Å². The molecule has 0 atom stereocenters. The summed E-state index contributed by atoms with van der Waals surface area (Å²) in [5.41, 5.74) is 0.545. The highest BCUT2D eigenvalue weighted by atomic mass is 19.1. The van der Waals surface area contributed by atoms with Crippen molar-refractivity contribution in [1.29, 1.82) is 0 Å². The number of para-hydroxylation sites is 1. The Morgan fingerprint density at radius 2 is 1.83 bits per heavy atom. The number of nitrogens with one attached hydrogen (secondary N) is 2. The lowest BCUT2D eigenvalue weighted by Crippen LogP contribution is -2.23. The van der Waals surface area contributed by atoms with Gasteiger partial charge in [0.25, 0.3) is 5.91 Å². The first-order valence-electron chi connectivity index (χ1n) is 9.98. The first-order valence-corrected chi connectivity index (χ1v) is 9.98. The minimum absolute atomic E-state index is 0.0498. The molecule has 0 unspecified atom stereocenters. The Morgan fingerprint density at radius 1 is 1.03 bits per heavy atom. The summed E-state index contributed by atoms with van der Waals surface area (Å²) in [5, 5.41) is 6.73. The number of fused-ring (bicyclic) bond motifs is 1. The van der Waals surface area contributed by atoms with Crippen molar-refractivity contribution in [2.24, 2.45) is 5.92 Å². The standard InChI is InChI=1S/C23H23FN2O3/c24-17-10-6-9-16(13-17)22(27)26-21-20(25-14-15-7-2-1-3-8-15)18-11-4-5-12-19(18)29-23(21)28/h4-6,9-13,15,25H,1-3,7-8,14H2,(H,26,27). The number of benzene rings is 2. The van der Waals surface area contributed by atoms with E-state index in [9.17, 15) is 14.0 Å². The van der Waals surface area contributed by atoms with E-state index in [0.29, 0.717) is 17.2 Å². The van der Waals surface area contributed by atoms with E-state index >= 15 is 0 Å². The lowest BCUT2D eigenvalue weighted by molar-refractivity contribution is 0.102. The van der Waals surface area contributed by atoms with Crippen LogP contribution in [-0.4, -0.2) is 12.5 Å². The second-order valence-corrected chi connectivity index (χ2v) is 7.49. The number of carbonyl (C=O) groups excluding carboxylic acids is 1. The van der Waals surface area contributed by atoms with Crippen LogP contribution in [0.4, 0.5) is 15.8 Å². The molecule has 1 aliphatic carbocycles. The summed E-state index contributed by atoms with van der Waals surface area (Å²) in [4.78, 5) is 25.3. The molecule has 0 radical (unpaired) electrons. The van der Waals surface area contributed by atoms with Gasteiger partial charge in [0.1, 0.15) is 11.4 Å². The Balaban J connectivity index is 1.68. The second kappa shape index (κ2) is 8.47. The molecule has 29 heavy (non-hydrogen) atoms. The quantitative estimate of drug-likeness (QED) is 0.585. The molecule has 4 rings (SSSR count). The van der Waals surface area contributed by atoms with Crippen LogP contribution < -0.4 is 16.3 Å². The van der Waals surface area contributed by atoms with Gasteiger partial charge in [0, 0.05) is 17.5 Å². The topological polar surface area (TPSA) is 71.3 Å². The van der Waals surface area contributed by atoms with E-state index in [-0.39, 0.29) is 11.3 Å². The minimum atomic E-state index is -0.639. The molecule has 0 aliphatic heterocycles. The van der Waals surface area contributed by atoms with Crippen LogP contribution in [0.15, 0.2) is 57.7 Å². The van der Waals surface area contributed by atoms with Gasteiger partial charge >= 0.3 is 5.63 Å². The van der Waals surface area contributed by atoms with Crippen LogP contribution in [0.5, 0.6) is 0 Å². The first-order chi connectivity index (χ1) is 14.1. The highest BCUT2D eigenvalue weighted by Gasteiger charge is 2.20. The molecule has 150 valence electrons. The van der Waals surface area contributed by atoms with Crippen LogP contribution in [0.1, 0.15) is 42.5 Å². The maximum absolute atomic E-state index is 13.5. The van der Waals surface area contributed by atoms with Crippen LogP contribution in [0.2, 0.25) is 0 Å². The predicted octanol–water partition coefficient (Wildman–Crippen LogP) is 5.18. The number of amides is 1. The van der Waals surface area contributed by atoms with E-state index in [1.165, 1.54) is 37.5 Å². The lowest BCUT2D eigenvalue weighted by Gasteiger charge is -2.23. The Bertz CT molecular complexity index is 1090. The van der Waals surface area contributed by atoms with Crippen molar-refractivity contribution in [3.05, 3.63) is 70.3 Å². The number of halogens is 1. The maximum Gasteiger partial charge on any atom is 0.362 e. The molecule has 1 aromatic heterocycles. The molecular formula is C23H23FN2O3. The molecule has 0 spiro atoms. The van der Waals surface area contributed by atoms with E-state index in [1.54, 1.807) is 12.1 Å². The fourth-order valence-electron chi connectivity index (χ4n) is 3.90. The third kappa shape index (κ3) is 4.31. The molecule has 6 heteroatoms. The van der Waals surface area contributed by atoms with Gasteiger partial charge < -0.3 is 15.1 Å². The number of hydrogen-bond acceptors (Lipinski definition) is 4. The van der Waals surface area contributed by atoms with Gasteiger partial charge in [-0.15, -0.1) is 0 Å². The van der Waals surface area contributed by atoms with Gasteiger partial charge in [-0.1, -0.05) is 37.5 Å². The van der Waals surface area contributed by atoms with Crippen molar-refractivity contribution >= 4 is 28.3 Å². The van der Waals surface area contributed by atoms with Crippen LogP contribution >= 0.6 is 0 Å². The summed E-state index contributed by atoms with van der Waals surface area (Å²) in [5.74, 6) is -0.548. The third-order valence-corrected chi connectivity index (χ3v) is 5.43. The summed E-state index contributed by atoms with van der Waals surface area (Å²) in [6, 6.07) is 12.6. The SMILES string of the molecule is O=C(Nc1c(NCC2CCCCC2)c2ccccc2oc1=O)c1cccc(F)c1. The second-order valence-electron chi connectivity index (χ2n) is 7.49. The summed E-state index contributed by atoms with van der Waals surface area (Å²) >= 11 is 0. The van der Waals surface area contributed by atoms with E-state index in [4.69, 9.17) is 4.42 Å². The molecule has 3 aromatic rings. The van der Waals surface area contributed by atoms with Gasteiger partial charge in [0.2, 0.25) is 0 Å². The van der Waals surface area contributed by atoms with Crippen molar-refractivity contribution < 1.29 is 13.6 Å². The van der Waals surface area contributed by atoms with Gasteiger partial charge in [-0.05, 0) is 49.1 Å². The largest absolute Gasteiger partial charge is 0.421 e. The van der Waals surface area contributed by atoms with E-state index in [1.807, 2.05) is 12.1 Å². The molecule has 0 saturated heterocycles. The van der Waals surface area contributed by atoms with Gasteiger partial charge in [-0.3, -0.25) is 4.79 Å². The highest BCUT2D eigenvalue weighted by molar-refractivity contribution is 6.08. The normalized spacial score (nSPS) is 14.7. The molecule has 2 aromatic carbocycles. The Kier molecular flexibility index (Phi) is 5.60. The third-order valence-electron chi connectivity index (χ3n) is 5.43. The summed E-state index contributed by atoms with van der Waals surface area (Å²) in [7, 11) is 0. The van der Waals surface area contributed by atoms with Crippen molar-refractivity contribution in [2.75, 3.05) is 17.2 Å². The summed E-state index contributed by atoms with van der Waals surface area (Å²) in [6.45, 7) is 0.719.